The molecular formula is C26H31NO3. The van der Waals surface area contributed by atoms with Crippen LogP contribution >= 0.6 is 0 Å². The number of anilines is 1. The Morgan fingerprint density at radius 2 is 1.80 bits per heavy atom. The molecule has 1 aromatic carbocycles. The molecule has 0 unspecified atom stereocenters. The number of fused-ring (bicyclic) bond motifs is 4. The fourth-order valence-corrected chi connectivity index (χ4v) is 6.52. The molecule has 0 amide bonds. The van der Waals surface area contributed by atoms with Crippen molar-refractivity contribution < 1.29 is 14.3 Å². The Morgan fingerprint density at radius 1 is 1.03 bits per heavy atom. The molecule has 0 aromatic heterocycles. The third kappa shape index (κ3) is 2.95. The van der Waals surface area contributed by atoms with E-state index in [1.165, 1.54) is 28.0 Å². The van der Waals surface area contributed by atoms with E-state index in [0.717, 1.165) is 32.1 Å². The molecule has 4 nitrogen and oxygen atoms in total. The molecule has 0 bridgehead atoms. The van der Waals surface area contributed by atoms with Crippen LogP contribution in [-0.2, 0) is 14.3 Å². The second kappa shape index (κ2) is 7.11. The van der Waals surface area contributed by atoms with Gasteiger partial charge in [0.1, 0.15) is 0 Å². The van der Waals surface area contributed by atoms with Crippen LogP contribution in [0.3, 0.4) is 0 Å². The summed E-state index contributed by atoms with van der Waals surface area (Å²) in [6.45, 7) is 2.68. The van der Waals surface area contributed by atoms with Crippen molar-refractivity contribution in [1.29, 1.82) is 0 Å². The zero-order valence-corrected chi connectivity index (χ0v) is 18.2. The molecule has 4 aliphatic rings. The van der Waals surface area contributed by atoms with Gasteiger partial charge in [0, 0.05) is 32.1 Å². The molecule has 4 heteroatoms. The normalized spacial score (nSPS) is 33.2. The van der Waals surface area contributed by atoms with E-state index in [0.29, 0.717) is 24.9 Å². The molecule has 0 radical (unpaired) electrons. The van der Waals surface area contributed by atoms with Gasteiger partial charge in [-0.1, -0.05) is 17.7 Å². The number of carbonyl (C=O) groups excluding carboxylic acids is 2. The predicted molar refractivity (Wildman–Crippen MR) is 117 cm³/mol. The van der Waals surface area contributed by atoms with Gasteiger partial charge in [0.15, 0.2) is 5.78 Å². The molecule has 1 heterocycles. The maximum absolute atomic E-state index is 13.0. The van der Waals surface area contributed by atoms with E-state index < -0.39 is 5.41 Å². The van der Waals surface area contributed by atoms with Crippen molar-refractivity contribution >= 4 is 17.4 Å². The highest BCUT2D eigenvalue weighted by molar-refractivity contribution is 5.93. The lowest BCUT2D eigenvalue weighted by Gasteiger charge is -2.53. The van der Waals surface area contributed by atoms with E-state index >= 15 is 0 Å². The predicted octanol–water partition coefficient (Wildman–Crippen LogP) is 4.81. The molecule has 2 fully saturated rings. The second-order valence-corrected chi connectivity index (χ2v) is 9.91. The van der Waals surface area contributed by atoms with E-state index in [2.05, 4.69) is 50.2 Å². The van der Waals surface area contributed by atoms with Gasteiger partial charge in [-0.3, -0.25) is 9.59 Å². The summed E-state index contributed by atoms with van der Waals surface area (Å²) < 4.78 is 5.57. The van der Waals surface area contributed by atoms with Crippen LogP contribution < -0.4 is 4.90 Å². The average molecular weight is 406 g/mol. The minimum Gasteiger partial charge on any atom is -0.465 e. The van der Waals surface area contributed by atoms with Crippen LogP contribution in [-0.4, -0.2) is 32.5 Å². The molecule has 1 saturated carbocycles. The van der Waals surface area contributed by atoms with Crippen molar-refractivity contribution in [2.45, 2.75) is 51.4 Å². The summed E-state index contributed by atoms with van der Waals surface area (Å²) >= 11 is 0. The maximum Gasteiger partial charge on any atom is 0.312 e. The minimum absolute atomic E-state index is 0.0159. The van der Waals surface area contributed by atoms with Crippen molar-refractivity contribution in [3.8, 4) is 0 Å². The first-order valence-corrected chi connectivity index (χ1v) is 11.3. The number of hydrogen-bond acceptors (Lipinski definition) is 4. The van der Waals surface area contributed by atoms with Crippen LogP contribution in [0.1, 0.15) is 56.9 Å². The lowest BCUT2D eigenvalue weighted by atomic mass is 9.51. The minimum atomic E-state index is -0.427. The van der Waals surface area contributed by atoms with Crippen molar-refractivity contribution in [2.24, 2.45) is 17.3 Å². The number of esters is 1. The topological polar surface area (TPSA) is 46.6 Å². The van der Waals surface area contributed by atoms with E-state index in [-0.39, 0.29) is 17.7 Å². The molecular weight excluding hydrogens is 374 g/mol. The highest BCUT2D eigenvalue weighted by atomic mass is 16.5. The molecule has 3 aliphatic carbocycles. The van der Waals surface area contributed by atoms with Gasteiger partial charge >= 0.3 is 5.97 Å². The van der Waals surface area contributed by atoms with Crippen LogP contribution in [0.15, 0.2) is 47.1 Å². The van der Waals surface area contributed by atoms with Crippen molar-refractivity contribution in [3.63, 3.8) is 0 Å². The van der Waals surface area contributed by atoms with Gasteiger partial charge in [0.25, 0.3) is 0 Å². The quantitative estimate of drug-likeness (QED) is 0.663. The summed E-state index contributed by atoms with van der Waals surface area (Å²) in [5.74, 6) is 1.22. The zero-order chi connectivity index (χ0) is 21.0. The number of ketones is 1. The molecule has 1 saturated heterocycles. The Kier molecular flexibility index (Phi) is 4.64. The molecule has 30 heavy (non-hydrogen) atoms. The highest BCUT2D eigenvalue weighted by Crippen LogP contribution is 2.60. The Balaban J connectivity index is 1.65. The fraction of sp³-hybridized carbons (Fsp3) is 0.538. The zero-order valence-electron chi connectivity index (χ0n) is 18.2. The van der Waals surface area contributed by atoms with Gasteiger partial charge in [-0.05, 0) is 85.8 Å². The van der Waals surface area contributed by atoms with E-state index in [9.17, 15) is 9.59 Å². The number of allylic oxidation sites excluding steroid dienone is 4. The SMILES string of the molecule is CN(C)c1ccc([C@H]2C[C@]3(C)C(=O)OCC[C@H]3[C@@H]3CCC4=CC(=O)CCC4=C32)cc1. The summed E-state index contributed by atoms with van der Waals surface area (Å²) in [6, 6.07) is 8.81. The van der Waals surface area contributed by atoms with Crippen LogP contribution in [0.5, 0.6) is 0 Å². The summed E-state index contributed by atoms with van der Waals surface area (Å²) in [5, 5.41) is 0. The van der Waals surface area contributed by atoms with E-state index in [4.69, 9.17) is 4.74 Å². The van der Waals surface area contributed by atoms with Gasteiger partial charge in [0.05, 0.1) is 12.0 Å². The third-order valence-electron chi connectivity index (χ3n) is 8.06. The summed E-state index contributed by atoms with van der Waals surface area (Å²) in [5.41, 5.74) is 6.24. The summed E-state index contributed by atoms with van der Waals surface area (Å²) in [6.07, 6.45) is 7.13. The molecule has 1 aliphatic heterocycles. The van der Waals surface area contributed by atoms with Gasteiger partial charge in [-0.25, -0.2) is 0 Å². The number of cyclic esters (lactones) is 1. The molecule has 4 atom stereocenters. The Hall–Kier alpha value is -2.36. The third-order valence-corrected chi connectivity index (χ3v) is 8.06. The second-order valence-electron chi connectivity index (χ2n) is 9.91. The lowest BCUT2D eigenvalue weighted by molar-refractivity contribution is -0.172. The van der Waals surface area contributed by atoms with Crippen molar-refractivity contribution in [3.05, 3.63) is 52.6 Å². The smallest absolute Gasteiger partial charge is 0.312 e. The van der Waals surface area contributed by atoms with Gasteiger partial charge in [-0.15, -0.1) is 0 Å². The number of carbonyl (C=O) groups is 2. The molecule has 5 rings (SSSR count). The summed E-state index contributed by atoms with van der Waals surface area (Å²) in [7, 11) is 4.11. The number of rotatable bonds is 2. The summed E-state index contributed by atoms with van der Waals surface area (Å²) in [4.78, 5) is 27.2. The van der Waals surface area contributed by atoms with Gasteiger partial charge < -0.3 is 9.64 Å². The maximum atomic E-state index is 13.0. The fourth-order valence-electron chi connectivity index (χ4n) is 6.52. The highest BCUT2D eigenvalue weighted by Gasteiger charge is 2.56. The van der Waals surface area contributed by atoms with Crippen LogP contribution in [0.2, 0.25) is 0 Å². The largest absolute Gasteiger partial charge is 0.465 e. The molecule has 1 aromatic rings. The van der Waals surface area contributed by atoms with Gasteiger partial charge in [-0.2, -0.15) is 0 Å². The van der Waals surface area contributed by atoms with E-state index in [1.54, 1.807) is 0 Å². The Morgan fingerprint density at radius 3 is 2.53 bits per heavy atom. The van der Waals surface area contributed by atoms with Crippen LogP contribution in [0, 0.1) is 17.3 Å². The molecule has 158 valence electrons. The average Bonchev–Trinajstić information content (AvgIpc) is 2.73. The Labute approximate surface area is 179 Å². The van der Waals surface area contributed by atoms with E-state index in [1.807, 2.05) is 6.08 Å². The monoisotopic (exact) mass is 405 g/mol. The van der Waals surface area contributed by atoms with Gasteiger partial charge in [0.2, 0.25) is 0 Å². The first-order valence-electron chi connectivity index (χ1n) is 11.3. The van der Waals surface area contributed by atoms with Crippen LogP contribution in [0.25, 0.3) is 0 Å². The van der Waals surface area contributed by atoms with Crippen LogP contribution in [0.4, 0.5) is 5.69 Å². The lowest BCUT2D eigenvalue weighted by Crippen LogP contribution is -2.51. The number of hydrogen-bond donors (Lipinski definition) is 0. The molecule has 0 N–H and O–H groups in total. The number of ether oxygens (including phenoxy) is 1. The Bertz CT molecular complexity index is 955. The standard InChI is InChI=1S/C26H31NO3/c1-26-15-22(16-4-7-18(8-5-16)27(2)3)24-20-11-9-19(28)14-17(20)6-10-21(24)23(26)12-13-30-25(26)29/h4-5,7-8,14,21-23H,6,9-13,15H2,1-3H3/t21-,22+,23-,26-/m0/s1. The van der Waals surface area contributed by atoms with Crippen molar-refractivity contribution in [1.82, 2.24) is 0 Å². The first kappa shape index (κ1) is 19.6. The molecule has 0 spiro atoms. The first-order chi connectivity index (χ1) is 14.4. The van der Waals surface area contributed by atoms with Crippen molar-refractivity contribution in [2.75, 3.05) is 25.6 Å². The number of benzene rings is 1. The number of nitrogens with zero attached hydrogens (tertiary/aromatic N) is 1.